The van der Waals surface area contributed by atoms with E-state index in [0.717, 1.165) is 0 Å². The first-order chi connectivity index (χ1) is 6.38. The van der Waals surface area contributed by atoms with Crippen molar-refractivity contribution in [3.8, 4) is 0 Å². The summed E-state index contributed by atoms with van der Waals surface area (Å²) < 4.78 is 0. The van der Waals surface area contributed by atoms with Crippen molar-refractivity contribution < 1.29 is 0 Å². The van der Waals surface area contributed by atoms with E-state index in [-0.39, 0.29) is 0 Å². The van der Waals surface area contributed by atoms with Crippen LogP contribution < -0.4 is 0 Å². The number of nitrogens with zero attached hydrogens (tertiary/aromatic N) is 2. The van der Waals surface area contributed by atoms with E-state index in [0.29, 0.717) is 0 Å². The molecule has 2 rings (SSSR count). The molecule has 0 spiro atoms. The van der Waals surface area contributed by atoms with Crippen LogP contribution in [0.5, 0.6) is 0 Å². The second-order valence-electron chi connectivity index (χ2n) is 4.17. The Labute approximate surface area is 81.2 Å². The highest BCUT2D eigenvalue weighted by Crippen LogP contribution is 2.20. The average molecular weight is 180 g/mol. The zero-order valence-electron chi connectivity index (χ0n) is 8.63. The van der Waals surface area contributed by atoms with Gasteiger partial charge in [0, 0.05) is 26.7 Å². The third-order valence-electron chi connectivity index (χ3n) is 3.10. The van der Waals surface area contributed by atoms with E-state index >= 15 is 0 Å². The molecule has 0 saturated carbocycles. The molecule has 2 nitrogen and oxygen atoms in total. The summed E-state index contributed by atoms with van der Waals surface area (Å²) in [5.74, 6) is 1.49. The van der Waals surface area contributed by atoms with E-state index in [1.807, 2.05) is 0 Å². The van der Waals surface area contributed by atoms with Gasteiger partial charge in [0.2, 0.25) is 0 Å². The van der Waals surface area contributed by atoms with Gasteiger partial charge in [0.05, 0.1) is 5.82 Å². The Hall–Kier alpha value is -0.660. The van der Waals surface area contributed by atoms with Gasteiger partial charge in [0.15, 0.2) is 0 Å². The summed E-state index contributed by atoms with van der Waals surface area (Å²) in [6, 6.07) is 0. The zero-order chi connectivity index (χ0) is 9.10. The van der Waals surface area contributed by atoms with Gasteiger partial charge >= 0.3 is 0 Å². The van der Waals surface area contributed by atoms with Gasteiger partial charge in [-0.05, 0) is 31.8 Å². The van der Waals surface area contributed by atoms with Gasteiger partial charge in [-0.1, -0.05) is 6.42 Å². The molecule has 2 heterocycles. The lowest BCUT2D eigenvalue weighted by atomic mass is 10.1. The van der Waals surface area contributed by atoms with Crippen LogP contribution in [0.1, 0.15) is 32.1 Å². The van der Waals surface area contributed by atoms with Gasteiger partial charge in [-0.25, -0.2) is 0 Å². The summed E-state index contributed by atoms with van der Waals surface area (Å²) in [5.41, 5.74) is 0. The first-order valence-corrected chi connectivity index (χ1v) is 5.54. The third-order valence-corrected chi connectivity index (χ3v) is 3.10. The highest BCUT2D eigenvalue weighted by molar-refractivity contribution is 5.03. The molecule has 0 aliphatic carbocycles. The van der Waals surface area contributed by atoms with Crippen molar-refractivity contribution in [2.24, 2.45) is 0 Å². The lowest BCUT2D eigenvalue weighted by Crippen LogP contribution is -2.41. The van der Waals surface area contributed by atoms with Crippen molar-refractivity contribution in [2.45, 2.75) is 32.1 Å². The minimum Gasteiger partial charge on any atom is -0.362 e. The van der Waals surface area contributed by atoms with Crippen molar-refractivity contribution in [1.29, 1.82) is 0 Å². The molecular weight excluding hydrogens is 160 g/mol. The topological polar surface area (TPSA) is 6.48 Å². The fraction of sp³-hybridized carbons (Fsp3) is 0.818. The predicted octanol–water partition coefficient (Wildman–Crippen LogP) is 2.04. The molecule has 74 valence electrons. The molecule has 0 aromatic rings. The van der Waals surface area contributed by atoms with Gasteiger partial charge in [-0.3, -0.25) is 0 Å². The fourth-order valence-electron chi connectivity index (χ4n) is 2.34. The molecule has 0 radical (unpaired) electrons. The molecule has 0 aromatic heterocycles. The van der Waals surface area contributed by atoms with Gasteiger partial charge < -0.3 is 9.80 Å². The van der Waals surface area contributed by atoms with Crippen LogP contribution in [0.3, 0.4) is 0 Å². The van der Waals surface area contributed by atoms with Crippen molar-refractivity contribution in [3.63, 3.8) is 0 Å². The predicted molar refractivity (Wildman–Crippen MR) is 55.4 cm³/mol. The number of hydrogen-bond donors (Lipinski definition) is 0. The van der Waals surface area contributed by atoms with Crippen LogP contribution in [0, 0.1) is 0 Å². The summed E-state index contributed by atoms with van der Waals surface area (Å²) in [6.07, 6.45) is 9.20. The number of allylic oxidation sites excluding steroid dienone is 1. The Bertz CT molecular complexity index is 198. The van der Waals surface area contributed by atoms with Crippen LogP contribution in [0.2, 0.25) is 0 Å². The standard InChI is InChI=1S/C11H20N2/c1-12-8-6-10-13-9-5-3-2-4-7-11(12)13/h7H,2-6,8-10H2,1H3/b11-7-. The molecular formula is C11H20N2. The van der Waals surface area contributed by atoms with Gasteiger partial charge in [-0.2, -0.15) is 0 Å². The van der Waals surface area contributed by atoms with Crippen molar-refractivity contribution in [2.75, 3.05) is 26.7 Å². The first-order valence-electron chi connectivity index (χ1n) is 5.54. The summed E-state index contributed by atoms with van der Waals surface area (Å²) in [7, 11) is 2.22. The minimum absolute atomic E-state index is 1.24. The first kappa shape index (κ1) is 8.92. The molecule has 0 aromatic carbocycles. The zero-order valence-corrected chi connectivity index (χ0v) is 8.63. The van der Waals surface area contributed by atoms with E-state index in [1.165, 1.54) is 57.6 Å². The molecule has 1 fully saturated rings. The third kappa shape index (κ3) is 1.98. The maximum atomic E-state index is 2.56. The van der Waals surface area contributed by atoms with Crippen LogP contribution in [-0.2, 0) is 0 Å². The monoisotopic (exact) mass is 180 g/mol. The van der Waals surface area contributed by atoms with E-state index in [2.05, 4.69) is 22.9 Å². The Balaban J connectivity index is 2.10. The van der Waals surface area contributed by atoms with Gasteiger partial charge in [0.1, 0.15) is 0 Å². The molecule has 0 bridgehead atoms. The normalized spacial score (nSPS) is 28.5. The number of rotatable bonds is 0. The average Bonchev–Trinajstić information content (AvgIpc) is 2.07. The van der Waals surface area contributed by atoms with E-state index < -0.39 is 0 Å². The van der Waals surface area contributed by atoms with Crippen molar-refractivity contribution >= 4 is 0 Å². The fourth-order valence-corrected chi connectivity index (χ4v) is 2.34. The molecule has 0 unspecified atom stereocenters. The van der Waals surface area contributed by atoms with E-state index in [9.17, 15) is 0 Å². The Morgan fingerprint density at radius 2 is 1.85 bits per heavy atom. The van der Waals surface area contributed by atoms with E-state index in [1.54, 1.807) is 0 Å². The SMILES string of the molecule is CN1CCCN2CCCCC/C=C/12. The van der Waals surface area contributed by atoms with E-state index in [4.69, 9.17) is 0 Å². The Morgan fingerprint density at radius 3 is 2.77 bits per heavy atom. The Morgan fingerprint density at radius 1 is 1.00 bits per heavy atom. The van der Waals surface area contributed by atoms with Gasteiger partial charge in [-0.15, -0.1) is 0 Å². The van der Waals surface area contributed by atoms with Crippen LogP contribution >= 0.6 is 0 Å². The number of hydrogen-bond acceptors (Lipinski definition) is 2. The lowest BCUT2D eigenvalue weighted by molar-refractivity contribution is 0.175. The Kier molecular flexibility index (Phi) is 2.77. The second kappa shape index (κ2) is 4.03. The summed E-state index contributed by atoms with van der Waals surface area (Å²) >= 11 is 0. The smallest absolute Gasteiger partial charge is 0.0995 e. The quantitative estimate of drug-likeness (QED) is 0.563. The van der Waals surface area contributed by atoms with Crippen molar-refractivity contribution in [1.82, 2.24) is 9.80 Å². The molecule has 0 atom stereocenters. The summed E-state index contributed by atoms with van der Waals surface area (Å²) in [6.45, 7) is 3.79. The maximum Gasteiger partial charge on any atom is 0.0995 e. The van der Waals surface area contributed by atoms with Crippen LogP contribution in [0.25, 0.3) is 0 Å². The second-order valence-corrected chi connectivity index (χ2v) is 4.17. The molecule has 2 aliphatic heterocycles. The highest BCUT2D eigenvalue weighted by atomic mass is 15.3. The van der Waals surface area contributed by atoms with Gasteiger partial charge in [0.25, 0.3) is 0 Å². The number of fused-ring (bicyclic) bond motifs is 1. The van der Waals surface area contributed by atoms with Crippen LogP contribution in [0.4, 0.5) is 0 Å². The molecule has 1 saturated heterocycles. The highest BCUT2D eigenvalue weighted by Gasteiger charge is 2.18. The maximum absolute atomic E-state index is 2.56. The molecule has 13 heavy (non-hydrogen) atoms. The minimum atomic E-state index is 1.24. The summed E-state index contributed by atoms with van der Waals surface area (Å²) in [4.78, 5) is 4.97. The lowest BCUT2D eigenvalue weighted by Gasteiger charge is -2.39. The molecule has 2 heteroatoms. The summed E-state index contributed by atoms with van der Waals surface area (Å²) in [5, 5.41) is 0. The van der Waals surface area contributed by atoms with Crippen LogP contribution in [-0.4, -0.2) is 36.5 Å². The molecule has 0 amide bonds. The molecule has 0 N–H and O–H groups in total. The van der Waals surface area contributed by atoms with Crippen LogP contribution in [0.15, 0.2) is 11.9 Å². The molecule has 2 aliphatic rings. The largest absolute Gasteiger partial charge is 0.362 e. The van der Waals surface area contributed by atoms with Crippen molar-refractivity contribution in [3.05, 3.63) is 11.9 Å².